The highest BCUT2D eigenvalue weighted by atomic mass is 32.2. The maximum atomic E-state index is 12.4. The minimum absolute atomic E-state index is 0.0970. The molecule has 140 valence electrons. The highest BCUT2D eigenvalue weighted by molar-refractivity contribution is 7.92. The average Bonchev–Trinajstić information content (AvgIpc) is 3.06. The summed E-state index contributed by atoms with van der Waals surface area (Å²) in [6, 6.07) is 13.4. The van der Waals surface area contributed by atoms with Crippen molar-refractivity contribution >= 4 is 33.1 Å². The number of sulfonamides is 1. The molecule has 0 spiro atoms. The van der Waals surface area contributed by atoms with Crippen molar-refractivity contribution < 1.29 is 13.2 Å². The second kappa shape index (κ2) is 7.68. The minimum Gasteiger partial charge on any atom is -0.308 e. The van der Waals surface area contributed by atoms with Crippen LogP contribution < -0.4 is 14.9 Å². The van der Waals surface area contributed by atoms with Crippen LogP contribution in [0.5, 0.6) is 0 Å². The van der Waals surface area contributed by atoms with Crippen LogP contribution in [0.3, 0.4) is 0 Å². The van der Waals surface area contributed by atoms with Gasteiger partial charge in [-0.3, -0.25) is 4.31 Å². The summed E-state index contributed by atoms with van der Waals surface area (Å²) in [4.78, 5) is 12.2. The number of urea groups is 1. The van der Waals surface area contributed by atoms with Crippen molar-refractivity contribution in [1.82, 2.24) is 0 Å². The van der Waals surface area contributed by atoms with Gasteiger partial charge in [-0.25, -0.2) is 13.2 Å². The van der Waals surface area contributed by atoms with Crippen molar-refractivity contribution in [3.8, 4) is 6.07 Å². The Kier molecular flexibility index (Phi) is 5.33. The molecule has 27 heavy (non-hydrogen) atoms. The summed E-state index contributed by atoms with van der Waals surface area (Å²) in [5, 5.41) is 14.3. The fourth-order valence-corrected chi connectivity index (χ4v) is 4.62. The number of rotatable bonds is 5. The lowest BCUT2D eigenvalue weighted by Crippen LogP contribution is -2.31. The van der Waals surface area contributed by atoms with Crippen molar-refractivity contribution in [2.75, 3.05) is 27.2 Å². The monoisotopic (exact) mass is 384 g/mol. The van der Waals surface area contributed by atoms with Crippen LogP contribution in [0.4, 0.5) is 21.9 Å². The van der Waals surface area contributed by atoms with Gasteiger partial charge in [0.25, 0.3) is 0 Å². The third-order valence-electron chi connectivity index (χ3n) is 4.24. The molecule has 0 aromatic heterocycles. The molecule has 2 amide bonds. The van der Waals surface area contributed by atoms with Crippen LogP contribution in [0.15, 0.2) is 42.5 Å². The summed E-state index contributed by atoms with van der Waals surface area (Å²) in [6.45, 7) is 2.26. The molecule has 8 heteroatoms. The van der Waals surface area contributed by atoms with E-state index in [1.807, 2.05) is 19.1 Å². The third kappa shape index (κ3) is 4.20. The van der Waals surface area contributed by atoms with Crippen LogP contribution in [0.25, 0.3) is 0 Å². The number of carbonyl (C=O) groups is 1. The zero-order chi connectivity index (χ0) is 19.4. The van der Waals surface area contributed by atoms with Gasteiger partial charge < -0.3 is 10.6 Å². The number of nitrogens with zero attached hydrogens (tertiary/aromatic N) is 2. The molecule has 2 aromatic carbocycles. The molecule has 0 saturated heterocycles. The molecule has 0 bridgehead atoms. The average molecular weight is 384 g/mol. The highest BCUT2D eigenvalue weighted by Crippen LogP contribution is 2.33. The molecule has 0 radical (unpaired) electrons. The maximum Gasteiger partial charge on any atom is 0.323 e. The van der Waals surface area contributed by atoms with Gasteiger partial charge in [-0.1, -0.05) is 19.1 Å². The van der Waals surface area contributed by atoms with Crippen LogP contribution in [-0.4, -0.2) is 26.7 Å². The summed E-state index contributed by atoms with van der Waals surface area (Å²) in [6.07, 6.45) is 1.21. The fourth-order valence-electron chi connectivity index (χ4n) is 3.04. The van der Waals surface area contributed by atoms with Crippen LogP contribution in [0, 0.1) is 11.3 Å². The lowest BCUT2D eigenvalue weighted by atomic mass is 10.1. The van der Waals surface area contributed by atoms with Crippen LogP contribution in [0.2, 0.25) is 0 Å². The number of hydrogen-bond donors (Lipinski definition) is 2. The quantitative estimate of drug-likeness (QED) is 0.825. The molecule has 0 aliphatic carbocycles. The molecule has 0 atom stereocenters. The van der Waals surface area contributed by atoms with Gasteiger partial charge in [0.15, 0.2) is 0 Å². The van der Waals surface area contributed by atoms with Gasteiger partial charge in [-0.15, -0.1) is 0 Å². The molecule has 0 saturated carbocycles. The van der Waals surface area contributed by atoms with E-state index >= 15 is 0 Å². The molecule has 2 N–H and O–H groups in total. The molecular formula is C19H20N4O3S. The molecule has 1 heterocycles. The van der Waals surface area contributed by atoms with E-state index in [1.165, 1.54) is 4.31 Å². The predicted molar refractivity (Wildman–Crippen MR) is 105 cm³/mol. The van der Waals surface area contributed by atoms with Gasteiger partial charge >= 0.3 is 6.03 Å². The fraction of sp³-hybridized carbons (Fsp3) is 0.263. The van der Waals surface area contributed by atoms with Crippen molar-refractivity contribution in [3.63, 3.8) is 0 Å². The first kappa shape index (κ1) is 18.7. The highest BCUT2D eigenvalue weighted by Gasteiger charge is 2.28. The Morgan fingerprint density at radius 3 is 2.63 bits per heavy atom. The number of nitriles is 1. The summed E-state index contributed by atoms with van der Waals surface area (Å²) < 4.78 is 26.3. The first-order chi connectivity index (χ1) is 12.9. The van der Waals surface area contributed by atoms with Crippen molar-refractivity contribution in [2.24, 2.45) is 0 Å². The van der Waals surface area contributed by atoms with E-state index in [-0.39, 0.29) is 5.75 Å². The third-order valence-corrected chi connectivity index (χ3v) is 6.22. The molecule has 2 aromatic rings. The Morgan fingerprint density at radius 1 is 1.19 bits per heavy atom. The Hall–Kier alpha value is -3.05. The maximum absolute atomic E-state index is 12.4. The SMILES string of the molecule is CCCS(=O)(=O)N1CCc2ccc(NC(=O)Nc3cccc(C#N)c3)cc21. The number of nitrogens with one attached hydrogen (secondary N) is 2. The van der Waals surface area contributed by atoms with E-state index in [0.29, 0.717) is 42.0 Å². The molecule has 1 aliphatic heterocycles. The zero-order valence-corrected chi connectivity index (χ0v) is 15.7. The summed E-state index contributed by atoms with van der Waals surface area (Å²) in [5.41, 5.74) is 3.01. The van der Waals surface area contributed by atoms with Crippen LogP contribution in [0.1, 0.15) is 24.5 Å². The first-order valence-corrected chi connectivity index (χ1v) is 10.3. The Morgan fingerprint density at radius 2 is 1.93 bits per heavy atom. The van der Waals surface area contributed by atoms with E-state index in [0.717, 1.165) is 5.56 Å². The summed E-state index contributed by atoms with van der Waals surface area (Å²) >= 11 is 0. The summed E-state index contributed by atoms with van der Waals surface area (Å²) in [7, 11) is -3.35. The largest absolute Gasteiger partial charge is 0.323 e. The van der Waals surface area contributed by atoms with Crippen molar-refractivity contribution in [2.45, 2.75) is 19.8 Å². The minimum atomic E-state index is -3.35. The van der Waals surface area contributed by atoms with Gasteiger partial charge in [0.05, 0.1) is 23.1 Å². The number of hydrogen-bond acceptors (Lipinski definition) is 4. The molecule has 0 fully saturated rings. The Balaban J connectivity index is 1.75. The van der Waals surface area contributed by atoms with Gasteiger partial charge in [0.1, 0.15) is 0 Å². The van der Waals surface area contributed by atoms with E-state index < -0.39 is 16.1 Å². The molecule has 7 nitrogen and oxygen atoms in total. The van der Waals surface area contributed by atoms with Crippen LogP contribution in [-0.2, 0) is 16.4 Å². The van der Waals surface area contributed by atoms with Gasteiger partial charge in [-0.2, -0.15) is 5.26 Å². The number of carbonyl (C=O) groups excluding carboxylic acids is 1. The van der Waals surface area contributed by atoms with Crippen molar-refractivity contribution in [1.29, 1.82) is 5.26 Å². The lowest BCUT2D eigenvalue weighted by Gasteiger charge is -2.19. The zero-order valence-electron chi connectivity index (χ0n) is 14.9. The molecule has 1 aliphatic rings. The normalized spacial score (nSPS) is 13.0. The van der Waals surface area contributed by atoms with Crippen LogP contribution >= 0.6 is 0 Å². The van der Waals surface area contributed by atoms with Gasteiger partial charge in [-0.05, 0) is 48.7 Å². The topological polar surface area (TPSA) is 102 Å². The number of amides is 2. The number of fused-ring (bicyclic) bond motifs is 1. The lowest BCUT2D eigenvalue weighted by molar-refractivity contribution is 0.262. The Labute approximate surface area is 158 Å². The molecule has 3 rings (SSSR count). The van der Waals surface area contributed by atoms with E-state index in [2.05, 4.69) is 10.6 Å². The van der Waals surface area contributed by atoms with Gasteiger partial charge in [0.2, 0.25) is 10.0 Å². The second-order valence-electron chi connectivity index (χ2n) is 6.25. The molecular weight excluding hydrogens is 364 g/mol. The molecule has 0 unspecified atom stereocenters. The Bertz CT molecular complexity index is 1010. The first-order valence-electron chi connectivity index (χ1n) is 8.64. The predicted octanol–water partition coefficient (Wildman–Crippen LogP) is 3.30. The van der Waals surface area contributed by atoms with E-state index in [1.54, 1.807) is 36.4 Å². The number of anilines is 3. The van der Waals surface area contributed by atoms with E-state index in [4.69, 9.17) is 5.26 Å². The number of benzene rings is 2. The van der Waals surface area contributed by atoms with E-state index in [9.17, 15) is 13.2 Å². The van der Waals surface area contributed by atoms with Crippen molar-refractivity contribution in [3.05, 3.63) is 53.6 Å². The smallest absolute Gasteiger partial charge is 0.308 e. The second-order valence-corrected chi connectivity index (χ2v) is 8.27. The summed E-state index contributed by atoms with van der Waals surface area (Å²) in [5.74, 6) is 0.0970. The van der Waals surface area contributed by atoms with Gasteiger partial charge in [0, 0.05) is 17.9 Å². The standard InChI is InChI=1S/C19H20N4O3S/c1-2-10-27(25,26)23-9-8-15-6-7-17(12-18(15)23)22-19(24)21-16-5-3-4-14(11-16)13-20/h3-7,11-12H,2,8-10H2,1H3,(H2,21,22,24).